The summed E-state index contributed by atoms with van der Waals surface area (Å²) in [6.07, 6.45) is 6.51. The number of anilines is 1. The third-order valence-corrected chi connectivity index (χ3v) is 5.96. The maximum Gasteiger partial charge on any atom is 0.258 e. The lowest BCUT2D eigenvalue weighted by molar-refractivity contribution is -0.108. The Balaban J connectivity index is 1.78. The number of nitrogens with one attached hydrogen (secondary N) is 3. The van der Waals surface area contributed by atoms with Crippen molar-refractivity contribution in [2.75, 3.05) is 30.8 Å². The fourth-order valence-corrected chi connectivity index (χ4v) is 3.89. The Labute approximate surface area is 187 Å². The summed E-state index contributed by atoms with van der Waals surface area (Å²) in [5.74, 6) is -3.80. The van der Waals surface area contributed by atoms with Gasteiger partial charge in [-0.2, -0.15) is 0 Å². The molecule has 0 aromatic carbocycles. The van der Waals surface area contributed by atoms with E-state index in [1.807, 2.05) is 0 Å². The van der Waals surface area contributed by atoms with Crippen molar-refractivity contribution >= 4 is 28.6 Å². The van der Waals surface area contributed by atoms with Crippen molar-refractivity contribution in [3.05, 3.63) is 30.5 Å². The maximum absolute atomic E-state index is 14.7. The van der Waals surface area contributed by atoms with Gasteiger partial charge in [-0.15, -0.1) is 0 Å². The van der Waals surface area contributed by atoms with Crippen molar-refractivity contribution < 1.29 is 18.1 Å². The fraction of sp³-hybridized carbons (Fsp3) is 0.500. The van der Waals surface area contributed by atoms with Gasteiger partial charge in [0.1, 0.15) is 18.0 Å². The number of hydrogen-bond donors (Lipinski definition) is 4. The van der Waals surface area contributed by atoms with E-state index in [2.05, 4.69) is 24.7 Å². The number of alkyl halides is 2. The number of rotatable bonds is 8. The second kappa shape index (κ2) is 9.92. The number of H-pyrrole nitrogens is 1. The van der Waals surface area contributed by atoms with Crippen LogP contribution in [-0.2, 0) is 11.0 Å². The van der Waals surface area contributed by atoms with Gasteiger partial charge in [0.15, 0.2) is 0 Å². The van der Waals surface area contributed by atoms with E-state index in [1.165, 1.54) is 32.5 Å². The highest BCUT2D eigenvalue weighted by atomic mass is 32.2. The average molecular weight is 468 g/mol. The first kappa shape index (κ1) is 24.1. The van der Waals surface area contributed by atoms with Crippen LogP contribution in [-0.4, -0.2) is 72.9 Å². The van der Waals surface area contributed by atoms with E-state index in [4.69, 9.17) is 5.41 Å². The van der Waals surface area contributed by atoms with Gasteiger partial charge in [-0.25, -0.2) is 32.7 Å². The van der Waals surface area contributed by atoms with E-state index in [0.717, 1.165) is 0 Å². The number of halogens is 2. The Morgan fingerprint density at radius 1 is 1.47 bits per heavy atom. The van der Waals surface area contributed by atoms with E-state index in [0.29, 0.717) is 23.0 Å². The fourth-order valence-electron chi connectivity index (χ4n) is 3.45. The van der Waals surface area contributed by atoms with Crippen LogP contribution in [0.15, 0.2) is 24.7 Å². The van der Waals surface area contributed by atoms with Crippen LogP contribution in [0.2, 0.25) is 0 Å². The van der Waals surface area contributed by atoms with Crippen LogP contribution >= 0.6 is 0 Å². The zero-order valence-corrected chi connectivity index (χ0v) is 18.9. The lowest BCUT2D eigenvalue weighted by Gasteiger charge is -2.43. The largest absolute Gasteiger partial charge is 0.387 e. The van der Waals surface area contributed by atoms with Crippen LogP contribution in [0.4, 0.5) is 14.6 Å². The van der Waals surface area contributed by atoms with E-state index in [1.54, 1.807) is 23.2 Å². The first-order valence-corrected chi connectivity index (χ1v) is 11.7. The van der Waals surface area contributed by atoms with Crippen LogP contribution < -0.4 is 9.62 Å². The third-order valence-electron chi connectivity index (χ3n) is 5.39. The molecule has 32 heavy (non-hydrogen) atoms. The van der Waals surface area contributed by atoms with Crippen LogP contribution in [0.25, 0.3) is 17.5 Å². The number of piperidine rings is 1. The maximum atomic E-state index is 14.7. The number of aliphatic hydroxyl groups excluding tert-OH is 1. The minimum atomic E-state index is -2.89. The molecule has 174 valence electrons. The van der Waals surface area contributed by atoms with E-state index < -0.39 is 34.8 Å². The number of aromatic nitrogens is 4. The highest BCUT2D eigenvalue weighted by Gasteiger charge is 2.49. The molecule has 12 heteroatoms. The van der Waals surface area contributed by atoms with Crippen molar-refractivity contribution in [3.8, 4) is 11.4 Å². The summed E-state index contributed by atoms with van der Waals surface area (Å²) in [5.41, 5.74) is 1.20. The van der Waals surface area contributed by atoms with Crippen molar-refractivity contribution in [2.45, 2.75) is 25.9 Å². The molecule has 3 heterocycles. The Morgan fingerprint density at radius 2 is 2.22 bits per heavy atom. The van der Waals surface area contributed by atoms with Crippen molar-refractivity contribution in [3.63, 3.8) is 0 Å². The van der Waals surface area contributed by atoms with Gasteiger partial charge in [0.25, 0.3) is 5.92 Å². The predicted octanol–water partition coefficient (Wildman–Crippen LogP) is 1.87. The summed E-state index contributed by atoms with van der Waals surface area (Å²) >= 11 is 0. The second-order valence-corrected chi connectivity index (χ2v) is 9.09. The normalized spacial score (nSPS) is 22.8. The quantitative estimate of drug-likeness (QED) is 0.439. The zero-order chi connectivity index (χ0) is 23.5. The lowest BCUT2D eigenvalue weighted by Crippen LogP contribution is -2.55. The first-order valence-electron chi connectivity index (χ1n) is 10.1. The van der Waals surface area contributed by atoms with Gasteiger partial charge in [-0.3, -0.25) is 0 Å². The molecule has 0 spiro atoms. The summed E-state index contributed by atoms with van der Waals surface area (Å²) in [6, 6.07) is 1.71. The zero-order valence-electron chi connectivity index (χ0n) is 18.0. The second-order valence-electron chi connectivity index (χ2n) is 7.89. The molecule has 1 aliphatic rings. The van der Waals surface area contributed by atoms with Gasteiger partial charge in [0.2, 0.25) is 0 Å². The molecule has 1 aliphatic heterocycles. The molecule has 0 saturated carbocycles. The van der Waals surface area contributed by atoms with Crippen LogP contribution in [0.5, 0.6) is 0 Å². The summed E-state index contributed by atoms with van der Waals surface area (Å²) in [6.45, 7) is 3.14. The highest BCUT2D eigenvalue weighted by Crippen LogP contribution is 2.39. The number of aliphatic hydroxyl groups is 1. The van der Waals surface area contributed by atoms with Gasteiger partial charge < -0.3 is 20.4 Å². The summed E-state index contributed by atoms with van der Waals surface area (Å²) in [5, 5.41) is 17.0. The molecule has 3 rings (SSSR count). The van der Waals surface area contributed by atoms with Gasteiger partial charge in [0.05, 0.1) is 46.3 Å². The van der Waals surface area contributed by atoms with Gasteiger partial charge in [-0.1, -0.05) is 6.92 Å². The van der Waals surface area contributed by atoms with Crippen molar-refractivity contribution in [1.82, 2.24) is 24.7 Å². The number of hydrogen-bond acceptors (Lipinski definition) is 7. The van der Waals surface area contributed by atoms with E-state index in [9.17, 15) is 18.1 Å². The molecule has 0 radical (unpaired) electrons. The highest BCUT2D eigenvalue weighted by molar-refractivity contribution is 7.82. The van der Waals surface area contributed by atoms with Crippen LogP contribution in [0.3, 0.4) is 0 Å². The van der Waals surface area contributed by atoms with Crippen molar-refractivity contribution in [2.24, 2.45) is 11.8 Å². The van der Waals surface area contributed by atoms with Crippen molar-refractivity contribution in [1.29, 1.82) is 5.41 Å². The Bertz CT molecular complexity index is 1010. The molecule has 2 aromatic rings. The van der Waals surface area contributed by atoms with Crippen LogP contribution in [0, 0.1) is 17.2 Å². The molecule has 0 amide bonds. The molecular weight excluding hydrogens is 440 g/mol. The smallest absolute Gasteiger partial charge is 0.258 e. The monoisotopic (exact) mass is 467 g/mol. The SMILES string of the molecule is CC(O)C(=N)C=Cc1ncc(-c2cc(N3CC(C)C(F)(F)C(CNS(C)=O)C3)ncn2)[nH]1. The molecule has 2 aromatic heterocycles. The summed E-state index contributed by atoms with van der Waals surface area (Å²) < 4.78 is 43.3. The molecule has 4 atom stereocenters. The number of aromatic amines is 1. The number of imidazole rings is 1. The van der Waals surface area contributed by atoms with Gasteiger partial charge in [0, 0.05) is 37.9 Å². The molecule has 4 unspecified atom stereocenters. The minimum absolute atomic E-state index is 0.0549. The van der Waals surface area contributed by atoms with Crippen LogP contribution in [0.1, 0.15) is 19.7 Å². The number of nitrogens with zero attached hydrogens (tertiary/aromatic N) is 4. The Kier molecular flexibility index (Phi) is 7.47. The molecule has 9 nitrogen and oxygen atoms in total. The first-order chi connectivity index (χ1) is 15.1. The molecule has 1 saturated heterocycles. The molecule has 4 N–H and O–H groups in total. The minimum Gasteiger partial charge on any atom is -0.387 e. The van der Waals surface area contributed by atoms with E-state index >= 15 is 0 Å². The average Bonchev–Trinajstić information content (AvgIpc) is 3.22. The van der Waals surface area contributed by atoms with Gasteiger partial charge in [-0.05, 0) is 19.1 Å². The summed E-state index contributed by atoms with van der Waals surface area (Å²) in [4.78, 5) is 17.6. The molecule has 1 fully saturated rings. The Hall–Kier alpha value is -2.57. The third kappa shape index (κ3) is 5.61. The summed E-state index contributed by atoms with van der Waals surface area (Å²) in [7, 11) is -1.37. The topological polar surface area (TPSA) is 131 Å². The van der Waals surface area contributed by atoms with Gasteiger partial charge >= 0.3 is 0 Å². The predicted molar refractivity (Wildman–Crippen MR) is 120 cm³/mol. The molecule has 0 bridgehead atoms. The lowest BCUT2D eigenvalue weighted by atomic mass is 9.86. The molecular formula is C20H27F2N7O2S. The molecule has 0 aliphatic carbocycles. The Morgan fingerprint density at radius 3 is 2.91 bits per heavy atom. The standard InChI is InChI=1S/C20H27F2N7O2S/c1-12-9-29(10-14(20(12,21)22)7-27-32(3)31)19-6-16(25-11-26-19)17-8-24-18(28-17)5-4-15(23)13(2)30/h4-6,8,11-14,23,27,30H,7,9-10H2,1-3H3,(H,24,28). The van der Waals surface area contributed by atoms with E-state index in [-0.39, 0.29) is 25.3 Å².